The quantitative estimate of drug-likeness (QED) is 0.160. The zero-order valence-corrected chi connectivity index (χ0v) is 23.0. The minimum Gasteiger partial charge on any atom is -0.480 e. The molecule has 0 aliphatic carbocycles. The van der Waals surface area contributed by atoms with Crippen molar-refractivity contribution in [2.45, 2.75) is 70.2 Å². The molecule has 3 amide bonds. The number of guanidine groups is 1. The zero-order valence-electron chi connectivity index (χ0n) is 21.5. The molecule has 1 aromatic carbocycles. The number of carboxylic acid groups (broad SMARTS) is 1. The van der Waals surface area contributed by atoms with Crippen LogP contribution in [0.2, 0.25) is 10.0 Å². The maximum atomic E-state index is 13.7. The number of aliphatic imine (C=N–C) groups is 1. The van der Waals surface area contributed by atoms with Crippen molar-refractivity contribution in [2.75, 3.05) is 13.1 Å². The Labute approximate surface area is 231 Å². The van der Waals surface area contributed by atoms with Crippen molar-refractivity contribution in [3.63, 3.8) is 0 Å². The van der Waals surface area contributed by atoms with E-state index >= 15 is 0 Å². The lowest BCUT2D eigenvalue weighted by Crippen LogP contribution is -2.53. The fourth-order valence-corrected chi connectivity index (χ4v) is 4.21. The number of carbonyl (C=O) groups excluding carboxylic acids is 3. The second kappa shape index (κ2) is 13.5. The molecule has 210 valence electrons. The Morgan fingerprint density at radius 2 is 1.87 bits per heavy atom. The summed E-state index contributed by atoms with van der Waals surface area (Å²) >= 11 is 12.2. The first-order valence-corrected chi connectivity index (χ1v) is 12.8. The van der Waals surface area contributed by atoms with Gasteiger partial charge in [0.15, 0.2) is 5.96 Å². The number of carboxylic acids is 1. The number of hydrogen-bond acceptors (Lipinski definition) is 6. The number of nitrogens with two attached hydrogens (primary N) is 2. The van der Waals surface area contributed by atoms with Gasteiger partial charge in [0.2, 0.25) is 5.91 Å². The summed E-state index contributed by atoms with van der Waals surface area (Å²) in [5, 5.41) is 15.1. The average Bonchev–Trinajstić information content (AvgIpc) is 3.29. The molecule has 0 saturated carbocycles. The maximum absolute atomic E-state index is 13.7. The highest BCUT2D eigenvalue weighted by atomic mass is 35.5. The second-order valence-electron chi connectivity index (χ2n) is 9.79. The summed E-state index contributed by atoms with van der Waals surface area (Å²) in [4.78, 5) is 56.2. The summed E-state index contributed by atoms with van der Waals surface area (Å²) in [6, 6.07) is 1.11. The molecule has 0 bridgehead atoms. The van der Waals surface area contributed by atoms with Crippen molar-refractivity contribution in [2.24, 2.45) is 16.5 Å². The van der Waals surface area contributed by atoms with Gasteiger partial charge in [0.1, 0.15) is 23.7 Å². The number of aliphatic carboxylic acids is 1. The van der Waals surface area contributed by atoms with E-state index < -0.39 is 47.6 Å². The number of benzene rings is 1. The molecule has 1 aliphatic heterocycles. The fourth-order valence-electron chi connectivity index (χ4n) is 3.90. The van der Waals surface area contributed by atoms with Gasteiger partial charge in [0.05, 0.1) is 10.0 Å². The normalized spacial score (nSPS) is 16.8. The van der Waals surface area contributed by atoms with Crippen LogP contribution in [-0.4, -0.2) is 70.6 Å². The van der Waals surface area contributed by atoms with E-state index in [1.807, 2.05) is 0 Å². The molecule has 1 saturated heterocycles. The van der Waals surface area contributed by atoms with E-state index in [-0.39, 0.29) is 35.5 Å². The van der Waals surface area contributed by atoms with Gasteiger partial charge in [-0.05, 0) is 64.2 Å². The number of carbonyl (C=O) groups is 4. The van der Waals surface area contributed by atoms with Gasteiger partial charge in [-0.15, -0.1) is 0 Å². The third kappa shape index (κ3) is 9.25. The molecule has 1 aromatic rings. The Morgan fingerprint density at radius 3 is 2.45 bits per heavy atom. The number of amides is 3. The number of hydrogen-bond donors (Lipinski definition) is 5. The Bertz CT molecular complexity index is 1070. The number of likely N-dealkylation sites (tertiary alicyclic amines) is 1. The highest BCUT2D eigenvalue weighted by Crippen LogP contribution is 2.29. The molecule has 14 heteroatoms. The number of ether oxygens (including phenoxy) is 1. The molecule has 38 heavy (non-hydrogen) atoms. The molecule has 0 aromatic heterocycles. The Morgan fingerprint density at radius 1 is 1.18 bits per heavy atom. The first kappa shape index (κ1) is 31.0. The summed E-state index contributed by atoms with van der Waals surface area (Å²) in [5.74, 6) is -2.53. The number of halogens is 2. The molecule has 1 aliphatic rings. The van der Waals surface area contributed by atoms with Gasteiger partial charge in [-0.3, -0.25) is 14.6 Å². The highest BCUT2D eigenvalue weighted by molar-refractivity contribution is 6.42. The number of nitrogens with zero attached hydrogens (tertiary/aromatic N) is 2. The van der Waals surface area contributed by atoms with Crippen LogP contribution in [-0.2, 0) is 19.1 Å². The molecule has 0 unspecified atom stereocenters. The molecule has 7 N–H and O–H groups in total. The topological polar surface area (TPSA) is 189 Å². The minimum absolute atomic E-state index is 0.0879. The zero-order chi connectivity index (χ0) is 28.6. The van der Waals surface area contributed by atoms with Crippen molar-refractivity contribution in [3.05, 3.63) is 33.8 Å². The SMILES string of the molecule is CC(C)(C)OC(=O)N[C@H](C(=O)N1CCC[C@H]1C(=O)N[C@@H](CCCN=C(N)N)C(=O)O)c1ccc(Cl)c(Cl)c1. The van der Waals surface area contributed by atoms with Crippen molar-refractivity contribution in [1.29, 1.82) is 0 Å². The van der Waals surface area contributed by atoms with E-state index in [4.69, 9.17) is 39.4 Å². The predicted molar refractivity (Wildman–Crippen MR) is 143 cm³/mol. The fraction of sp³-hybridized carbons (Fsp3) is 0.542. The molecule has 3 atom stereocenters. The molecular weight excluding hydrogens is 539 g/mol. The summed E-state index contributed by atoms with van der Waals surface area (Å²) in [7, 11) is 0. The minimum atomic E-state index is -1.23. The third-order valence-electron chi connectivity index (χ3n) is 5.58. The lowest BCUT2D eigenvalue weighted by Gasteiger charge is -2.30. The van der Waals surface area contributed by atoms with Crippen LogP contribution in [0.1, 0.15) is 58.1 Å². The van der Waals surface area contributed by atoms with Crippen LogP contribution in [0.25, 0.3) is 0 Å². The van der Waals surface area contributed by atoms with E-state index in [0.717, 1.165) is 0 Å². The van der Waals surface area contributed by atoms with E-state index in [2.05, 4.69) is 15.6 Å². The van der Waals surface area contributed by atoms with Crippen molar-refractivity contribution < 1.29 is 29.0 Å². The maximum Gasteiger partial charge on any atom is 0.408 e. The van der Waals surface area contributed by atoms with E-state index in [9.17, 15) is 24.3 Å². The largest absolute Gasteiger partial charge is 0.480 e. The van der Waals surface area contributed by atoms with Gasteiger partial charge >= 0.3 is 12.1 Å². The highest BCUT2D eigenvalue weighted by Gasteiger charge is 2.40. The molecule has 12 nitrogen and oxygen atoms in total. The summed E-state index contributed by atoms with van der Waals surface area (Å²) in [6.45, 7) is 5.48. The van der Waals surface area contributed by atoms with Gasteiger partial charge in [0, 0.05) is 13.1 Å². The van der Waals surface area contributed by atoms with Crippen LogP contribution >= 0.6 is 23.2 Å². The van der Waals surface area contributed by atoms with E-state index in [0.29, 0.717) is 24.8 Å². The van der Waals surface area contributed by atoms with Crippen LogP contribution < -0.4 is 22.1 Å². The lowest BCUT2D eigenvalue weighted by atomic mass is 10.0. The molecule has 1 fully saturated rings. The van der Waals surface area contributed by atoms with Crippen molar-refractivity contribution >= 4 is 53.0 Å². The summed E-state index contributed by atoms with van der Waals surface area (Å²) < 4.78 is 5.32. The van der Waals surface area contributed by atoms with Gasteiger partial charge in [-0.25, -0.2) is 9.59 Å². The Kier molecular flexibility index (Phi) is 11.0. The van der Waals surface area contributed by atoms with Crippen LogP contribution in [0.5, 0.6) is 0 Å². The Balaban J connectivity index is 2.23. The molecule has 0 spiro atoms. The summed E-state index contributed by atoms with van der Waals surface area (Å²) in [5.41, 5.74) is 10.1. The molecule has 0 radical (unpaired) electrons. The molecule has 2 rings (SSSR count). The average molecular weight is 573 g/mol. The van der Waals surface area contributed by atoms with Crippen LogP contribution in [0, 0.1) is 0 Å². The smallest absolute Gasteiger partial charge is 0.408 e. The monoisotopic (exact) mass is 572 g/mol. The van der Waals surface area contributed by atoms with Crippen LogP contribution in [0.4, 0.5) is 4.79 Å². The Hall–Kier alpha value is -3.25. The van der Waals surface area contributed by atoms with Crippen LogP contribution in [0.3, 0.4) is 0 Å². The molecular formula is C24H34Cl2N6O6. The third-order valence-corrected chi connectivity index (χ3v) is 6.32. The van der Waals surface area contributed by atoms with Gasteiger partial charge in [0.25, 0.3) is 5.91 Å². The number of alkyl carbamates (subject to hydrolysis) is 1. The van der Waals surface area contributed by atoms with E-state index in [1.165, 1.54) is 23.1 Å². The number of rotatable bonds is 10. The first-order chi connectivity index (χ1) is 17.7. The lowest BCUT2D eigenvalue weighted by molar-refractivity contribution is -0.144. The molecule has 1 heterocycles. The second-order valence-corrected chi connectivity index (χ2v) is 10.6. The van der Waals surface area contributed by atoms with Crippen LogP contribution in [0.15, 0.2) is 23.2 Å². The standard InChI is InChI=1S/C24H34Cl2N6O6/c1-24(2,3)38-23(37)31-18(13-8-9-14(25)15(26)12-13)20(34)32-11-5-7-17(32)19(33)30-16(21(35)36)6-4-10-29-22(27)28/h8-9,12,16-18H,4-7,10-11H2,1-3H3,(H,30,33)(H,31,37)(H,35,36)(H4,27,28,29)/t16-,17-,18-/m0/s1. The van der Waals surface area contributed by atoms with Gasteiger partial charge < -0.3 is 36.8 Å². The predicted octanol–water partition coefficient (Wildman–Crippen LogP) is 2.17. The van der Waals surface area contributed by atoms with E-state index in [1.54, 1.807) is 20.8 Å². The van der Waals surface area contributed by atoms with Gasteiger partial charge in [-0.1, -0.05) is 29.3 Å². The van der Waals surface area contributed by atoms with Gasteiger partial charge in [-0.2, -0.15) is 0 Å². The van der Waals surface area contributed by atoms with Crippen molar-refractivity contribution in [3.8, 4) is 0 Å². The summed E-state index contributed by atoms with van der Waals surface area (Å²) in [6.07, 6.45) is 0.394. The first-order valence-electron chi connectivity index (χ1n) is 12.0. The van der Waals surface area contributed by atoms with Crippen molar-refractivity contribution in [1.82, 2.24) is 15.5 Å². The number of nitrogens with one attached hydrogen (secondary N) is 2.